The molecule has 1 rings (SSSR count). The second-order valence-corrected chi connectivity index (χ2v) is 4.19. The molecule has 0 spiro atoms. The van der Waals surface area contributed by atoms with Gasteiger partial charge in [0.15, 0.2) is 0 Å². The fraction of sp³-hybridized carbons (Fsp3) is 1.00. The number of hydrogen-bond donors (Lipinski definition) is 0. The second kappa shape index (κ2) is 3.35. The molecule has 1 fully saturated rings. The molecule has 0 nitrogen and oxygen atoms in total. The molecule has 0 atom stereocenters. The molecule has 0 amide bonds. The Morgan fingerprint density at radius 2 is 1.29 bits per heavy atom. The molecule has 0 aliphatic heterocycles. The largest absolute Gasteiger partial charge is 0.453 e. The maximum Gasteiger partial charge on any atom is 0.453 e. The van der Waals surface area contributed by atoms with Crippen molar-refractivity contribution in [2.45, 2.75) is 51.1 Å². The van der Waals surface area contributed by atoms with E-state index in [1.165, 1.54) is 0 Å². The van der Waals surface area contributed by atoms with Crippen LogP contribution in [0.5, 0.6) is 0 Å². The van der Waals surface area contributed by atoms with E-state index in [-0.39, 0.29) is 12.8 Å². The topological polar surface area (TPSA) is 0 Å². The van der Waals surface area contributed by atoms with Crippen LogP contribution in [0.2, 0.25) is 0 Å². The van der Waals surface area contributed by atoms with Gasteiger partial charge in [-0.1, -0.05) is 26.2 Å². The first-order valence-corrected chi connectivity index (χ1v) is 4.65. The molecule has 0 bridgehead atoms. The normalized spacial score (nSPS) is 23.6. The van der Waals surface area contributed by atoms with Crippen molar-refractivity contribution in [3.63, 3.8) is 0 Å². The number of hydrogen-bond acceptors (Lipinski definition) is 0. The van der Waals surface area contributed by atoms with Gasteiger partial charge in [0.25, 0.3) is 0 Å². The molecule has 0 aromatic rings. The highest BCUT2D eigenvalue weighted by molar-refractivity contribution is 4.95. The summed E-state index contributed by atoms with van der Waals surface area (Å²) in [6.45, 7) is 1.04. The van der Waals surface area contributed by atoms with Crippen LogP contribution in [0.15, 0.2) is 0 Å². The number of alkyl halides is 5. The molecular formula is C9H13F5. The third-order valence-corrected chi connectivity index (χ3v) is 3.07. The van der Waals surface area contributed by atoms with E-state index in [4.69, 9.17) is 0 Å². The summed E-state index contributed by atoms with van der Waals surface area (Å²) in [4.78, 5) is 0. The van der Waals surface area contributed by atoms with E-state index in [2.05, 4.69) is 0 Å². The van der Waals surface area contributed by atoms with E-state index in [1.54, 1.807) is 0 Å². The lowest BCUT2D eigenvalue weighted by molar-refractivity contribution is -0.328. The van der Waals surface area contributed by atoms with Gasteiger partial charge in [-0.15, -0.1) is 0 Å². The molecule has 0 N–H and O–H groups in total. The first-order valence-electron chi connectivity index (χ1n) is 4.65. The van der Waals surface area contributed by atoms with Gasteiger partial charge in [0, 0.05) is 5.41 Å². The van der Waals surface area contributed by atoms with Gasteiger partial charge in [-0.25, -0.2) is 0 Å². The molecular weight excluding hydrogens is 203 g/mol. The molecule has 1 aliphatic carbocycles. The minimum absolute atomic E-state index is 0.0422. The van der Waals surface area contributed by atoms with Crippen molar-refractivity contribution < 1.29 is 22.0 Å². The van der Waals surface area contributed by atoms with Gasteiger partial charge in [0.1, 0.15) is 0 Å². The second-order valence-electron chi connectivity index (χ2n) is 4.19. The van der Waals surface area contributed by atoms with Crippen LogP contribution >= 0.6 is 0 Å². The maximum atomic E-state index is 13.1. The zero-order valence-corrected chi connectivity index (χ0v) is 7.93. The molecule has 0 unspecified atom stereocenters. The minimum Gasteiger partial charge on any atom is -0.196 e. The molecule has 1 aliphatic rings. The third-order valence-electron chi connectivity index (χ3n) is 3.07. The highest BCUT2D eigenvalue weighted by Gasteiger charge is 2.67. The summed E-state index contributed by atoms with van der Waals surface area (Å²) < 4.78 is 62.5. The molecule has 84 valence electrons. The Bertz CT molecular complexity index is 200. The van der Waals surface area contributed by atoms with Gasteiger partial charge in [-0.2, -0.15) is 22.0 Å². The van der Waals surface area contributed by atoms with Crippen molar-refractivity contribution in [1.29, 1.82) is 0 Å². The van der Waals surface area contributed by atoms with Crippen LogP contribution in [0.3, 0.4) is 0 Å². The Kier molecular flexibility index (Phi) is 2.80. The van der Waals surface area contributed by atoms with Crippen molar-refractivity contribution in [2.75, 3.05) is 0 Å². The van der Waals surface area contributed by atoms with Crippen molar-refractivity contribution >= 4 is 0 Å². The van der Waals surface area contributed by atoms with Crippen LogP contribution in [0.1, 0.15) is 39.0 Å². The fourth-order valence-corrected chi connectivity index (χ4v) is 1.99. The molecule has 0 radical (unpaired) electrons. The zero-order chi connectivity index (χ0) is 11.0. The smallest absolute Gasteiger partial charge is 0.196 e. The summed E-state index contributed by atoms with van der Waals surface area (Å²) in [7, 11) is 0. The zero-order valence-electron chi connectivity index (χ0n) is 7.93. The van der Waals surface area contributed by atoms with E-state index < -0.39 is 17.5 Å². The third kappa shape index (κ3) is 1.73. The Morgan fingerprint density at radius 3 is 1.64 bits per heavy atom. The SMILES string of the molecule is CC1(C(F)(F)C(F)(F)F)CCCCC1. The van der Waals surface area contributed by atoms with Crippen LogP contribution in [0.4, 0.5) is 22.0 Å². The van der Waals surface area contributed by atoms with Gasteiger partial charge in [0.2, 0.25) is 0 Å². The van der Waals surface area contributed by atoms with Crippen LogP contribution in [0.25, 0.3) is 0 Å². The van der Waals surface area contributed by atoms with E-state index in [1.807, 2.05) is 0 Å². The summed E-state index contributed by atoms with van der Waals surface area (Å²) in [5, 5.41) is 0. The van der Waals surface area contributed by atoms with Crippen LogP contribution in [-0.2, 0) is 0 Å². The summed E-state index contributed by atoms with van der Waals surface area (Å²) in [6.07, 6.45) is -3.83. The van der Waals surface area contributed by atoms with E-state index in [0.29, 0.717) is 12.8 Å². The summed E-state index contributed by atoms with van der Waals surface area (Å²) in [5.74, 6) is -4.56. The Balaban J connectivity index is 2.89. The average Bonchev–Trinajstić information content (AvgIpc) is 2.03. The monoisotopic (exact) mass is 216 g/mol. The van der Waals surface area contributed by atoms with Crippen molar-refractivity contribution in [3.05, 3.63) is 0 Å². The van der Waals surface area contributed by atoms with Crippen molar-refractivity contribution in [1.82, 2.24) is 0 Å². The number of rotatable bonds is 1. The van der Waals surface area contributed by atoms with Gasteiger partial charge in [-0.05, 0) is 12.8 Å². The maximum absolute atomic E-state index is 13.1. The molecule has 0 heterocycles. The highest BCUT2D eigenvalue weighted by Crippen LogP contribution is 2.54. The first kappa shape index (κ1) is 11.7. The van der Waals surface area contributed by atoms with Gasteiger partial charge in [-0.3, -0.25) is 0 Å². The fourth-order valence-electron chi connectivity index (χ4n) is 1.99. The molecule has 0 saturated heterocycles. The molecule has 0 aromatic carbocycles. The van der Waals surface area contributed by atoms with Crippen LogP contribution in [0, 0.1) is 5.41 Å². The lowest BCUT2D eigenvalue weighted by atomic mass is 9.71. The lowest BCUT2D eigenvalue weighted by Crippen LogP contribution is -2.51. The molecule has 0 aromatic heterocycles. The standard InChI is InChI=1S/C9H13F5/c1-7(5-3-2-4-6-7)8(10,11)9(12,13)14/h2-6H2,1H3. The predicted octanol–water partition coefficient (Wildman–Crippen LogP) is 4.15. The molecule has 14 heavy (non-hydrogen) atoms. The molecule has 1 saturated carbocycles. The van der Waals surface area contributed by atoms with E-state index in [9.17, 15) is 22.0 Å². The van der Waals surface area contributed by atoms with Gasteiger partial charge >= 0.3 is 12.1 Å². The highest BCUT2D eigenvalue weighted by atomic mass is 19.4. The Hall–Kier alpha value is -0.350. The molecule has 5 heteroatoms. The van der Waals surface area contributed by atoms with Crippen molar-refractivity contribution in [3.8, 4) is 0 Å². The lowest BCUT2D eigenvalue weighted by Gasteiger charge is -2.40. The predicted molar refractivity (Wildman–Crippen MR) is 42.2 cm³/mol. The quantitative estimate of drug-likeness (QED) is 0.577. The van der Waals surface area contributed by atoms with Crippen LogP contribution in [-0.4, -0.2) is 12.1 Å². The average molecular weight is 216 g/mol. The van der Waals surface area contributed by atoms with Gasteiger partial charge in [0.05, 0.1) is 0 Å². The summed E-state index contributed by atoms with van der Waals surface area (Å²) >= 11 is 0. The summed E-state index contributed by atoms with van der Waals surface area (Å²) in [5.41, 5.74) is -1.90. The Labute approximate surface area is 79.5 Å². The Morgan fingerprint density at radius 1 is 0.857 bits per heavy atom. The number of halogens is 5. The van der Waals surface area contributed by atoms with E-state index >= 15 is 0 Å². The first-order chi connectivity index (χ1) is 6.21. The summed E-state index contributed by atoms with van der Waals surface area (Å²) in [6, 6.07) is 0. The minimum atomic E-state index is -5.42. The van der Waals surface area contributed by atoms with E-state index in [0.717, 1.165) is 13.3 Å². The van der Waals surface area contributed by atoms with Gasteiger partial charge < -0.3 is 0 Å². The van der Waals surface area contributed by atoms with Crippen molar-refractivity contribution in [2.24, 2.45) is 5.41 Å². The van der Waals surface area contributed by atoms with Crippen LogP contribution < -0.4 is 0 Å².